The smallest absolute Gasteiger partial charge is 0.250 e. The Labute approximate surface area is 152 Å². The molecule has 1 aliphatic heterocycles. The number of piperidine rings is 1. The van der Waals surface area contributed by atoms with Crippen molar-refractivity contribution in [3.05, 3.63) is 18.2 Å². The number of nitrogens with one attached hydrogen (secondary N) is 2. The van der Waals surface area contributed by atoms with Crippen LogP contribution in [0.2, 0.25) is 0 Å². The molecule has 1 atom stereocenters. The molecule has 1 fully saturated rings. The summed E-state index contributed by atoms with van der Waals surface area (Å²) < 4.78 is 10.1. The van der Waals surface area contributed by atoms with E-state index in [1.807, 2.05) is 0 Å². The summed E-state index contributed by atoms with van der Waals surface area (Å²) in [6.45, 7) is 2.59. The van der Waals surface area contributed by atoms with E-state index in [1.54, 1.807) is 23.1 Å². The molecule has 26 heavy (non-hydrogen) atoms. The Bertz CT molecular complexity index is 677. The maximum absolute atomic E-state index is 12.5. The van der Waals surface area contributed by atoms with Gasteiger partial charge in [0.15, 0.2) is 0 Å². The summed E-state index contributed by atoms with van der Waals surface area (Å²) >= 11 is 0. The maximum atomic E-state index is 12.5. The van der Waals surface area contributed by atoms with Gasteiger partial charge in [-0.3, -0.25) is 14.4 Å². The number of amides is 3. The third kappa shape index (κ3) is 5.19. The molecule has 0 bridgehead atoms. The van der Waals surface area contributed by atoms with Gasteiger partial charge >= 0.3 is 0 Å². The minimum atomic E-state index is -0.297. The number of ether oxygens (including phenoxy) is 2. The summed E-state index contributed by atoms with van der Waals surface area (Å²) in [7, 11) is 2.92. The minimum absolute atomic E-state index is 0.0136. The van der Waals surface area contributed by atoms with Gasteiger partial charge in [0.05, 0.1) is 18.7 Å². The van der Waals surface area contributed by atoms with E-state index >= 15 is 0 Å². The number of nitrogens with zero attached hydrogens (tertiary/aromatic N) is 1. The second-order valence-electron chi connectivity index (χ2n) is 6.19. The molecular formula is C18H25N3O5. The molecule has 8 heteroatoms. The first kappa shape index (κ1) is 19.7. The number of benzene rings is 1. The van der Waals surface area contributed by atoms with E-state index in [2.05, 4.69) is 10.6 Å². The van der Waals surface area contributed by atoms with Gasteiger partial charge < -0.3 is 25.0 Å². The SMILES string of the molecule is COCC(=O)Nc1ccc(NC(=O)C2CCCN(C(C)=O)C2)cc1OC. The van der Waals surface area contributed by atoms with Crippen LogP contribution in [0.5, 0.6) is 5.75 Å². The fourth-order valence-corrected chi connectivity index (χ4v) is 2.91. The molecule has 1 aromatic carbocycles. The lowest BCUT2D eigenvalue weighted by Gasteiger charge is -2.31. The quantitative estimate of drug-likeness (QED) is 0.798. The van der Waals surface area contributed by atoms with Crippen molar-refractivity contribution in [1.82, 2.24) is 4.90 Å². The zero-order chi connectivity index (χ0) is 19.1. The van der Waals surface area contributed by atoms with Crippen molar-refractivity contribution in [3.8, 4) is 5.75 Å². The lowest BCUT2D eigenvalue weighted by molar-refractivity contribution is -0.132. The van der Waals surface area contributed by atoms with Gasteiger partial charge in [0.25, 0.3) is 0 Å². The first-order valence-electron chi connectivity index (χ1n) is 8.47. The topological polar surface area (TPSA) is 97.0 Å². The molecule has 2 N–H and O–H groups in total. The van der Waals surface area contributed by atoms with E-state index in [0.717, 1.165) is 12.8 Å². The molecule has 1 aliphatic rings. The van der Waals surface area contributed by atoms with Crippen LogP contribution in [0.25, 0.3) is 0 Å². The van der Waals surface area contributed by atoms with E-state index in [4.69, 9.17) is 9.47 Å². The van der Waals surface area contributed by atoms with Crippen molar-refractivity contribution in [2.45, 2.75) is 19.8 Å². The Morgan fingerprint density at radius 3 is 2.65 bits per heavy atom. The lowest BCUT2D eigenvalue weighted by atomic mass is 9.97. The van der Waals surface area contributed by atoms with Crippen LogP contribution in [0, 0.1) is 5.92 Å². The highest BCUT2D eigenvalue weighted by Gasteiger charge is 2.27. The lowest BCUT2D eigenvalue weighted by Crippen LogP contribution is -2.42. The minimum Gasteiger partial charge on any atom is -0.494 e. The summed E-state index contributed by atoms with van der Waals surface area (Å²) in [6.07, 6.45) is 1.56. The van der Waals surface area contributed by atoms with Gasteiger partial charge in [-0.1, -0.05) is 0 Å². The molecule has 0 aromatic heterocycles. The third-order valence-electron chi connectivity index (χ3n) is 4.26. The summed E-state index contributed by atoms with van der Waals surface area (Å²) in [5, 5.41) is 5.54. The number of likely N-dealkylation sites (tertiary alicyclic amines) is 1. The average Bonchev–Trinajstić information content (AvgIpc) is 2.63. The van der Waals surface area contributed by atoms with E-state index in [9.17, 15) is 14.4 Å². The van der Waals surface area contributed by atoms with Crippen LogP contribution in [0.15, 0.2) is 18.2 Å². The van der Waals surface area contributed by atoms with Gasteiger partial charge in [-0.25, -0.2) is 0 Å². The van der Waals surface area contributed by atoms with Crippen molar-refractivity contribution in [3.63, 3.8) is 0 Å². The summed E-state index contributed by atoms with van der Waals surface area (Å²) in [4.78, 5) is 37.4. The fourth-order valence-electron chi connectivity index (χ4n) is 2.91. The molecule has 0 radical (unpaired) electrons. The summed E-state index contributed by atoms with van der Waals surface area (Å²) in [6, 6.07) is 4.99. The maximum Gasteiger partial charge on any atom is 0.250 e. The molecule has 142 valence electrons. The monoisotopic (exact) mass is 363 g/mol. The summed E-state index contributed by atoms with van der Waals surface area (Å²) in [5.74, 6) is -0.246. The molecule has 2 rings (SSSR count). The Kier molecular flexibility index (Phi) is 6.97. The highest BCUT2D eigenvalue weighted by Crippen LogP contribution is 2.28. The Hall–Kier alpha value is -2.61. The molecule has 3 amide bonds. The van der Waals surface area contributed by atoms with Crippen molar-refractivity contribution >= 4 is 29.1 Å². The second kappa shape index (κ2) is 9.19. The highest BCUT2D eigenvalue weighted by molar-refractivity contribution is 5.96. The number of carbonyl (C=O) groups excluding carboxylic acids is 3. The van der Waals surface area contributed by atoms with E-state index in [0.29, 0.717) is 30.2 Å². The van der Waals surface area contributed by atoms with Gasteiger partial charge in [0.1, 0.15) is 12.4 Å². The van der Waals surface area contributed by atoms with Crippen molar-refractivity contribution in [2.24, 2.45) is 5.92 Å². The van der Waals surface area contributed by atoms with E-state index in [1.165, 1.54) is 21.1 Å². The van der Waals surface area contributed by atoms with Gasteiger partial charge in [-0.05, 0) is 25.0 Å². The highest BCUT2D eigenvalue weighted by atomic mass is 16.5. The molecular weight excluding hydrogens is 338 g/mol. The predicted octanol–water partition coefficient (Wildman–Crippen LogP) is 1.48. The molecule has 1 unspecified atom stereocenters. The molecule has 0 saturated carbocycles. The van der Waals surface area contributed by atoms with Gasteiger partial charge in [0, 0.05) is 38.9 Å². The number of carbonyl (C=O) groups is 3. The number of methoxy groups -OCH3 is 2. The van der Waals surface area contributed by atoms with E-state index < -0.39 is 0 Å². The molecule has 1 heterocycles. The molecule has 1 aromatic rings. The van der Waals surface area contributed by atoms with Crippen LogP contribution in [-0.4, -0.2) is 56.5 Å². The van der Waals surface area contributed by atoms with Crippen LogP contribution in [0.3, 0.4) is 0 Å². The van der Waals surface area contributed by atoms with Crippen molar-refractivity contribution < 1.29 is 23.9 Å². The second-order valence-corrected chi connectivity index (χ2v) is 6.19. The number of hydrogen-bond donors (Lipinski definition) is 2. The van der Waals surface area contributed by atoms with Crippen LogP contribution >= 0.6 is 0 Å². The first-order valence-corrected chi connectivity index (χ1v) is 8.47. The van der Waals surface area contributed by atoms with Crippen molar-refractivity contribution in [1.29, 1.82) is 0 Å². The Morgan fingerprint density at radius 2 is 2.00 bits per heavy atom. The normalized spacial score (nSPS) is 16.7. The zero-order valence-electron chi connectivity index (χ0n) is 15.3. The number of rotatable bonds is 6. The third-order valence-corrected chi connectivity index (χ3v) is 4.26. The van der Waals surface area contributed by atoms with Crippen molar-refractivity contribution in [2.75, 3.05) is 44.5 Å². The number of hydrogen-bond acceptors (Lipinski definition) is 5. The molecule has 1 saturated heterocycles. The van der Waals surface area contributed by atoms with E-state index in [-0.39, 0.29) is 30.2 Å². The van der Waals surface area contributed by atoms with Gasteiger partial charge in [-0.15, -0.1) is 0 Å². The fraction of sp³-hybridized carbons (Fsp3) is 0.500. The van der Waals surface area contributed by atoms with Gasteiger partial charge in [0.2, 0.25) is 17.7 Å². The predicted molar refractivity (Wildman–Crippen MR) is 97.1 cm³/mol. The van der Waals surface area contributed by atoms with Crippen LogP contribution in [-0.2, 0) is 19.1 Å². The molecule has 0 spiro atoms. The standard InChI is InChI=1S/C18H25N3O5/c1-12(22)21-8-4-5-13(10-21)18(24)19-14-6-7-15(16(9-14)26-3)20-17(23)11-25-2/h6-7,9,13H,4-5,8,10-11H2,1-3H3,(H,19,24)(H,20,23). The molecule has 8 nitrogen and oxygen atoms in total. The largest absolute Gasteiger partial charge is 0.494 e. The van der Waals surface area contributed by atoms with Crippen LogP contribution in [0.1, 0.15) is 19.8 Å². The Morgan fingerprint density at radius 1 is 1.23 bits per heavy atom. The number of anilines is 2. The average molecular weight is 363 g/mol. The Balaban J connectivity index is 2.03. The first-order chi connectivity index (χ1) is 12.4. The van der Waals surface area contributed by atoms with Crippen LogP contribution in [0.4, 0.5) is 11.4 Å². The zero-order valence-corrected chi connectivity index (χ0v) is 15.3. The summed E-state index contributed by atoms with van der Waals surface area (Å²) in [5.41, 5.74) is 1.06. The van der Waals surface area contributed by atoms with Crippen LogP contribution < -0.4 is 15.4 Å². The van der Waals surface area contributed by atoms with Gasteiger partial charge in [-0.2, -0.15) is 0 Å². The molecule has 0 aliphatic carbocycles.